The highest BCUT2D eigenvalue weighted by molar-refractivity contribution is 5.81. The number of aryl methyl sites for hydroxylation is 1. The molecule has 2 aliphatic rings. The van der Waals surface area contributed by atoms with Gasteiger partial charge in [0, 0.05) is 64.7 Å². The molecule has 2 aliphatic heterocycles. The summed E-state index contributed by atoms with van der Waals surface area (Å²) >= 11 is 0. The van der Waals surface area contributed by atoms with Gasteiger partial charge in [0.05, 0.1) is 11.2 Å². The number of benzene rings is 1. The number of piperidine rings is 1. The number of carbonyl (C=O) groups is 1. The first-order valence-electron chi connectivity index (χ1n) is 12.5. The summed E-state index contributed by atoms with van der Waals surface area (Å²) in [5.74, 6) is 1.10. The van der Waals surface area contributed by atoms with Crippen molar-refractivity contribution in [2.45, 2.75) is 38.3 Å². The first kappa shape index (κ1) is 22.8. The first-order valence-corrected chi connectivity index (χ1v) is 12.5. The van der Waals surface area contributed by atoms with Crippen molar-refractivity contribution in [3.63, 3.8) is 0 Å². The number of rotatable bonds is 7. The molecule has 1 amide bonds. The topological polar surface area (TPSA) is 80.4 Å². The van der Waals surface area contributed by atoms with Crippen LogP contribution in [0.5, 0.6) is 0 Å². The number of H-pyrrole nitrogens is 1. The lowest BCUT2D eigenvalue weighted by Crippen LogP contribution is -2.44. The second-order valence-electron chi connectivity index (χ2n) is 9.63. The molecular formula is C26H35N7O. The normalized spacial score (nSPS) is 18.4. The molecule has 0 atom stereocenters. The van der Waals surface area contributed by atoms with Crippen LogP contribution in [0.25, 0.3) is 11.0 Å². The third kappa shape index (κ3) is 5.56. The minimum atomic E-state index is 0.105. The minimum Gasteiger partial charge on any atom is -0.354 e. The van der Waals surface area contributed by atoms with Crippen molar-refractivity contribution in [2.24, 2.45) is 0 Å². The first-order chi connectivity index (χ1) is 16.6. The van der Waals surface area contributed by atoms with Crippen LogP contribution in [0.4, 0.5) is 5.82 Å². The van der Waals surface area contributed by atoms with E-state index in [4.69, 9.17) is 4.98 Å². The van der Waals surface area contributed by atoms with Gasteiger partial charge in [0.15, 0.2) is 0 Å². The van der Waals surface area contributed by atoms with Crippen LogP contribution in [-0.4, -0.2) is 83.2 Å². The third-order valence-corrected chi connectivity index (χ3v) is 7.08. The fraction of sp³-hybridized carbons (Fsp3) is 0.500. The quantitative estimate of drug-likeness (QED) is 0.563. The predicted octanol–water partition coefficient (Wildman–Crippen LogP) is 2.42. The van der Waals surface area contributed by atoms with Crippen molar-refractivity contribution in [3.8, 4) is 0 Å². The zero-order chi connectivity index (χ0) is 23.3. The molecule has 2 saturated heterocycles. The van der Waals surface area contributed by atoms with Gasteiger partial charge in [-0.05, 0) is 37.6 Å². The molecule has 8 nitrogen and oxygen atoms in total. The lowest BCUT2D eigenvalue weighted by Gasteiger charge is -2.33. The molecule has 0 bridgehead atoms. The van der Waals surface area contributed by atoms with E-state index in [0.717, 1.165) is 81.2 Å². The Bertz CT molecular complexity index is 1080. The standard InChI is InChI=1S/C26H35N7O/c1-31-15-17-33(18-16-31)24-9-7-22-26(28-24)23(30-29-22)8-10-25(34)27-21-11-13-32(14-12-21)19-20-5-3-2-4-6-20/h2-7,9,21H,8,10-19H2,1H3,(H,27,34)(H,29,30). The van der Waals surface area contributed by atoms with E-state index in [1.54, 1.807) is 0 Å². The maximum absolute atomic E-state index is 12.7. The number of aromatic amines is 1. The molecule has 3 aromatic rings. The summed E-state index contributed by atoms with van der Waals surface area (Å²) in [4.78, 5) is 24.7. The van der Waals surface area contributed by atoms with Gasteiger partial charge in [0.1, 0.15) is 11.3 Å². The Labute approximate surface area is 201 Å². The van der Waals surface area contributed by atoms with Crippen molar-refractivity contribution >= 4 is 22.8 Å². The lowest BCUT2D eigenvalue weighted by molar-refractivity contribution is -0.122. The van der Waals surface area contributed by atoms with Crippen LogP contribution in [0, 0.1) is 0 Å². The van der Waals surface area contributed by atoms with Gasteiger partial charge in [-0.15, -0.1) is 0 Å². The second kappa shape index (κ2) is 10.5. The number of likely N-dealkylation sites (tertiary alicyclic amines) is 1. The smallest absolute Gasteiger partial charge is 0.220 e. The SMILES string of the molecule is CN1CCN(c2ccc3[nH]nc(CCC(=O)NC4CCN(Cc5ccccc5)CC4)c3n2)CC1. The van der Waals surface area contributed by atoms with E-state index in [1.807, 2.05) is 0 Å². The average Bonchev–Trinajstić information content (AvgIpc) is 3.27. The number of aromatic nitrogens is 3. The van der Waals surface area contributed by atoms with Crippen LogP contribution in [0.1, 0.15) is 30.5 Å². The summed E-state index contributed by atoms with van der Waals surface area (Å²) in [6.07, 6.45) is 3.03. The molecule has 5 rings (SSSR count). The number of pyridine rings is 1. The maximum atomic E-state index is 12.7. The van der Waals surface area contributed by atoms with E-state index < -0.39 is 0 Å². The molecule has 4 heterocycles. The number of piperazine rings is 1. The van der Waals surface area contributed by atoms with Gasteiger partial charge < -0.3 is 15.1 Å². The summed E-state index contributed by atoms with van der Waals surface area (Å²) < 4.78 is 0. The van der Waals surface area contributed by atoms with Gasteiger partial charge in [-0.3, -0.25) is 14.8 Å². The molecule has 0 unspecified atom stereocenters. The van der Waals surface area contributed by atoms with Gasteiger partial charge >= 0.3 is 0 Å². The van der Waals surface area contributed by atoms with Crippen LogP contribution in [0.2, 0.25) is 0 Å². The molecule has 0 spiro atoms. The van der Waals surface area contributed by atoms with Crippen LogP contribution >= 0.6 is 0 Å². The predicted molar refractivity (Wildman–Crippen MR) is 135 cm³/mol. The number of fused-ring (bicyclic) bond motifs is 1. The molecular weight excluding hydrogens is 426 g/mol. The number of nitrogens with zero attached hydrogens (tertiary/aromatic N) is 5. The van der Waals surface area contributed by atoms with Gasteiger partial charge in [-0.25, -0.2) is 4.98 Å². The summed E-state index contributed by atoms with van der Waals surface area (Å²) in [5.41, 5.74) is 4.04. The number of carbonyl (C=O) groups excluding carboxylic acids is 1. The van der Waals surface area contributed by atoms with Crippen LogP contribution in [0.3, 0.4) is 0 Å². The largest absolute Gasteiger partial charge is 0.354 e. The number of hydrogen-bond acceptors (Lipinski definition) is 6. The molecule has 8 heteroatoms. The molecule has 34 heavy (non-hydrogen) atoms. The second-order valence-corrected chi connectivity index (χ2v) is 9.63. The number of likely N-dealkylation sites (N-methyl/N-ethyl adjacent to an activating group) is 1. The zero-order valence-corrected chi connectivity index (χ0v) is 20.0. The van der Waals surface area contributed by atoms with Crippen LogP contribution in [0.15, 0.2) is 42.5 Å². The van der Waals surface area contributed by atoms with Crippen molar-refractivity contribution in [2.75, 3.05) is 51.2 Å². The molecule has 180 valence electrons. The monoisotopic (exact) mass is 461 g/mol. The summed E-state index contributed by atoms with van der Waals surface area (Å²) in [6, 6.07) is 15.0. The fourth-order valence-electron chi connectivity index (χ4n) is 4.93. The molecule has 0 radical (unpaired) electrons. The van der Waals surface area contributed by atoms with Crippen molar-refractivity contribution in [3.05, 3.63) is 53.7 Å². The Morgan fingerprint density at radius 3 is 2.56 bits per heavy atom. The van der Waals surface area contributed by atoms with Crippen molar-refractivity contribution in [1.82, 2.24) is 30.3 Å². The average molecular weight is 462 g/mol. The van der Waals surface area contributed by atoms with Gasteiger partial charge in [0.25, 0.3) is 0 Å². The van der Waals surface area contributed by atoms with E-state index in [1.165, 1.54) is 5.56 Å². The molecule has 2 N–H and O–H groups in total. The van der Waals surface area contributed by atoms with E-state index in [-0.39, 0.29) is 11.9 Å². The Kier molecular flexibility index (Phi) is 7.06. The number of hydrogen-bond donors (Lipinski definition) is 2. The van der Waals surface area contributed by atoms with Crippen LogP contribution < -0.4 is 10.2 Å². The Morgan fingerprint density at radius 2 is 1.79 bits per heavy atom. The Hall–Kier alpha value is -2.97. The van der Waals surface area contributed by atoms with E-state index in [0.29, 0.717) is 12.8 Å². The van der Waals surface area contributed by atoms with E-state index >= 15 is 0 Å². The van der Waals surface area contributed by atoms with E-state index in [2.05, 4.69) is 79.7 Å². The summed E-state index contributed by atoms with van der Waals surface area (Å²) in [5, 5.41) is 10.8. The number of anilines is 1. The molecule has 2 fully saturated rings. The molecule has 2 aromatic heterocycles. The molecule has 0 saturated carbocycles. The Morgan fingerprint density at radius 1 is 1.03 bits per heavy atom. The highest BCUT2D eigenvalue weighted by atomic mass is 16.1. The highest BCUT2D eigenvalue weighted by Crippen LogP contribution is 2.21. The fourth-order valence-corrected chi connectivity index (χ4v) is 4.93. The third-order valence-electron chi connectivity index (χ3n) is 7.08. The molecule has 0 aliphatic carbocycles. The lowest BCUT2D eigenvalue weighted by atomic mass is 10.0. The Balaban J connectivity index is 1.11. The van der Waals surface area contributed by atoms with Crippen molar-refractivity contribution in [1.29, 1.82) is 0 Å². The van der Waals surface area contributed by atoms with Gasteiger partial charge in [-0.1, -0.05) is 30.3 Å². The number of nitrogens with one attached hydrogen (secondary N) is 2. The van der Waals surface area contributed by atoms with Crippen LogP contribution in [-0.2, 0) is 17.8 Å². The minimum absolute atomic E-state index is 0.105. The summed E-state index contributed by atoms with van der Waals surface area (Å²) in [7, 11) is 2.15. The van der Waals surface area contributed by atoms with E-state index in [9.17, 15) is 4.79 Å². The van der Waals surface area contributed by atoms with Crippen molar-refractivity contribution < 1.29 is 4.79 Å². The number of amides is 1. The van der Waals surface area contributed by atoms with Gasteiger partial charge in [0.2, 0.25) is 5.91 Å². The maximum Gasteiger partial charge on any atom is 0.220 e. The highest BCUT2D eigenvalue weighted by Gasteiger charge is 2.21. The molecule has 1 aromatic carbocycles. The summed E-state index contributed by atoms with van der Waals surface area (Å²) in [6.45, 7) is 7.07. The van der Waals surface area contributed by atoms with Gasteiger partial charge in [-0.2, -0.15) is 5.10 Å². The zero-order valence-electron chi connectivity index (χ0n) is 20.0.